The maximum absolute atomic E-state index is 11.5. The van der Waals surface area contributed by atoms with E-state index in [4.69, 9.17) is 14.6 Å². The van der Waals surface area contributed by atoms with Crippen LogP contribution in [0.3, 0.4) is 0 Å². The second-order valence-corrected chi connectivity index (χ2v) is 6.68. The Labute approximate surface area is 153 Å². The number of carbonyl (C=O) groups is 1. The summed E-state index contributed by atoms with van der Waals surface area (Å²) in [6.07, 6.45) is 0. The molecule has 1 aromatic heterocycles. The molecule has 0 radical (unpaired) electrons. The van der Waals surface area contributed by atoms with Crippen LogP contribution < -0.4 is 9.47 Å². The van der Waals surface area contributed by atoms with Crippen LogP contribution in [0.15, 0.2) is 52.5 Å². The minimum atomic E-state index is -0.491. The quantitative estimate of drug-likeness (QED) is 0.692. The average Bonchev–Trinajstić information content (AvgIpc) is 3.28. The van der Waals surface area contributed by atoms with Crippen LogP contribution in [0.1, 0.15) is 10.4 Å². The van der Waals surface area contributed by atoms with Gasteiger partial charge in [0.1, 0.15) is 6.61 Å². The minimum absolute atomic E-state index is 0.230. The number of Topliss-reactive ketones (excluding diaryl/α,β-unsaturated/α-hetero) is 1. The number of aliphatic hydroxyl groups is 1. The number of hydrogen-bond donors (Lipinski definition) is 1. The maximum Gasteiger partial charge on any atom is 0.231 e. The van der Waals surface area contributed by atoms with Crippen molar-refractivity contribution in [2.45, 2.75) is 10.1 Å². The molecular weight excluding hydrogens is 354 g/mol. The normalized spacial score (nSPS) is 12.4. The van der Waals surface area contributed by atoms with E-state index in [2.05, 4.69) is 10.2 Å². The number of hydrogen-bond acceptors (Lipinski definition) is 7. The Morgan fingerprint density at radius 1 is 1.15 bits per heavy atom. The monoisotopic (exact) mass is 369 g/mol. The molecule has 2 heterocycles. The molecule has 0 spiro atoms. The molecule has 2 aromatic carbocycles. The van der Waals surface area contributed by atoms with Crippen LogP contribution in [0.5, 0.6) is 11.5 Å². The smallest absolute Gasteiger partial charge is 0.231 e. The minimum Gasteiger partial charge on any atom is -0.454 e. The van der Waals surface area contributed by atoms with E-state index in [0.29, 0.717) is 11.3 Å². The third kappa shape index (κ3) is 3.04. The van der Waals surface area contributed by atoms with Crippen molar-refractivity contribution in [3.8, 4) is 22.9 Å². The van der Waals surface area contributed by atoms with Crippen molar-refractivity contribution < 1.29 is 19.4 Å². The van der Waals surface area contributed by atoms with Gasteiger partial charge >= 0.3 is 0 Å². The maximum atomic E-state index is 11.5. The van der Waals surface area contributed by atoms with Crippen LogP contribution in [0.2, 0.25) is 0 Å². The highest BCUT2D eigenvalue weighted by atomic mass is 32.2. The van der Waals surface area contributed by atoms with E-state index in [1.54, 1.807) is 12.1 Å². The van der Waals surface area contributed by atoms with E-state index in [0.717, 1.165) is 27.2 Å². The molecule has 1 N–H and O–H groups in total. The molecule has 1 aliphatic rings. The highest BCUT2D eigenvalue weighted by Crippen LogP contribution is 2.36. The lowest BCUT2D eigenvalue weighted by molar-refractivity contribution is 0.0903. The number of aliphatic hydroxyl groups excluding tert-OH is 1. The summed E-state index contributed by atoms with van der Waals surface area (Å²) in [5.74, 6) is 1.84. The van der Waals surface area contributed by atoms with Crippen molar-refractivity contribution in [3.63, 3.8) is 0 Å². The molecule has 132 valence electrons. The van der Waals surface area contributed by atoms with Gasteiger partial charge in [-0.3, -0.25) is 4.79 Å². The SMILES string of the molecule is Cn1c(Sc2ccc(C(=O)CO)cc2)nnc1-c1ccc2c(c1)OCO2. The molecule has 0 aliphatic carbocycles. The zero-order chi connectivity index (χ0) is 18.1. The van der Waals surface area contributed by atoms with Crippen LogP contribution in [0, 0.1) is 0 Å². The molecular formula is C18H15N3O4S. The van der Waals surface area contributed by atoms with Crippen molar-refractivity contribution in [2.24, 2.45) is 7.05 Å². The van der Waals surface area contributed by atoms with E-state index in [-0.39, 0.29) is 12.6 Å². The molecule has 0 fully saturated rings. The molecule has 0 atom stereocenters. The van der Waals surface area contributed by atoms with Crippen LogP contribution in [0.25, 0.3) is 11.4 Å². The summed E-state index contributed by atoms with van der Waals surface area (Å²) in [5, 5.41) is 18.2. The van der Waals surface area contributed by atoms with Crippen LogP contribution in [0.4, 0.5) is 0 Å². The molecule has 0 bridgehead atoms. The Hall–Kier alpha value is -2.84. The van der Waals surface area contributed by atoms with E-state index in [1.807, 2.05) is 41.9 Å². The van der Waals surface area contributed by atoms with Crippen molar-refractivity contribution in [1.29, 1.82) is 0 Å². The Morgan fingerprint density at radius 2 is 1.92 bits per heavy atom. The second kappa shape index (κ2) is 6.81. The molecule has 26 heavy (non-hydrogen) atoms. The number of benzene rings is 2. The van der Waals surface area contributed by atoms with Gasteiger partial charge in [0.2, 0.25) is 6.79 Å². The van der Waals surface area contributed by atoms with Crippen molar-refractivity contribution in [2.75, 3.05) is 13.4 Å². The second-order valence-electron chi connectivity index (χ2n) is 5.64. The fraction of sp³-hybridized carbons (Fsp3) is 0.167. The standard InChI is InChI=1S/C18H15N3O4S/c1-21-17(12-4-7-15-16(8-12)25-10-24-15)19-20-18(21)26-13-5-2-11(3-6-13)14(23)9-22/h2-8,22H,9-10H2,1H3. The summed E-state index contributed by atoms with van der Waals surface area (Å²) in [5.41, 5.74) is 1.37. The number of nitrogens with zero attached hydrogens (tertiary/aromatic N) is 3. The fourth-order valence-corrected chi connectivity index (χ4v) is 3.38. The zero-order valence-corrected chi connectivity index (χ0v) is 14.7. The topological polar surface area (TPSA) is 86.5 Å². The summed E-state index contributed by atoms with van der Waals surface area (Å²) < 4.78 is 12.6. The largest absolute Gasteiger partial charge is 0.454 e. The zero-order valence-electron chi connectivity index (χ0n) is 13.9. The first-order chi connectivity index (χ1) is 12.7. The molecule has 8 heteroatoms. The highest BCUT2D eigenvalue weighted by molar-refractivity contribution is 7.99. The first-order valence-electron chi connectivity index (χ1n) is 7.87. The highest BCUT2D eigenvalue weighted by Gasteiger charge is 2.17. The van der Waals surface area contributed by atoms with Gasteiger partial charge in [0, 0.05) is 23.1 Å². The summed E-state index contributed by atoms with van der Waals surface area (Å²) in [6.45, 7) is -0.262. The fourth-order valence-electron chi connectivity index (χ4n) is 2.60. The van der Waals surface area contributed by atoms with Crippen LogP contribution >= 0.6 is 11.8 Å². The predicted molar refractivity (Wildman–Crippen MR) is 94.5 cm³/mol. The molecule has 3 aromatic rings. The molecule has 0 amide bonds. The van der Waals surface area contributed by atoms with Gasteiger partial charge in [-0.25, -0.2) is 0 Å². The molecule has 0 unspecified atom stereocenters. The number of fused-ring (bicyclic) bond motifs is 1. The van der Waals surface area contributed by atoms with Crippen molar-refractivity contribution in [1.82, 2.24) is 14.8 Å². The van der Waals surface area contributed by atoms with E-state index in [1.165, 1.54) is 11.8 Å². The predicted octanol–water partition coefficient (Wildman–Crippen LogP) is 2.54. The first-order valence-corrected chi connectivity index (χ1v) is 8.69. The summed E-state index contributed by atoms with van der Waals surface area (Å²) >= 11 is 1.44. The Morgan fingerprint density at radius 3 is 2.69 bits per heavy atom. The average molecular weight is 369 g/mol. The Balaban J connectivity index is 1.57. The van der Waals surface area contributed by atoms with Gasteiger partial charge in [-0.2, -0.15) is 0 Å². The van der Waals surface area contributed by atoms with Crippen molar-refractivity contribution >= 4 is 17.5 Å². The Kier molecular flexibility index (Phi) is 4.36. The number of aromatic nitrogens is 3. The lowest BCUT2D eigenvalue weighted by Crippen LogP contribution is -2.03. The first kappa shape index (κ1) is 16.6. The molecule has 0 saturated carbocycles. The Bertz CT molecular complexity index is 969. The van der Waals surface area contributed by atoms with Crippen LogP contribution in [-0.2, 0) is 7.05 Å². The van der Waals surface area contributed by atoms with Gasteiger partial charge in [-0.05, 0) is 42.1 Å². The summed E-state index contributed by atoms with van der Waals surface area (Å²) in [4.78, 5) is 12.4. The van der Waals surface area contributed by atoms with Gasteiger partial charge < -0.3 is 19.1 Å². The summed E-state index contributed by atoms with van der Waals surface area (Å²) in [7, 11) is 1.89. The number of rotatable bonds is 5. The van der Waals surface area contributed by atoms with Gasteiger partial charge in [0.25, 0.3) is 0 Å². The number of carbonyl (C=O) groups excluding carboxylic acids is 1. The number of ether oxygens (including phenoxy) is 2. The lowest BCUT2D eigenvalue weighted by Gasteiger charge is -2.05. The molecule has 1 aliphatic heterocycles. The van der Waals surface area contributed by atoms with E-state index >= 15 is 0 Å². The van der Waals surface area contributed by atoms with Crippen molar-refractivity contribution in [3.05, 3.63) is 48.0 Å². The summed E-state index contributed by atoms with van der Waals surface area (Å²) in [6, 6.07) is 12.7. The van der Waals surface area contributed by atoms with E-state index in [9.17, 15) is 4.79 Å². The van der Waals surface area contributed by atoms with Gasteiger partial charge in [0.15, 0.2) is 28.3 Å². The molecule has 4 rings (SSSR count). The van der Waals surface area contributed by atoms with Crippen LogP contribution in [-0.4, -0.2) is 39.1 Å². The van der Waals surface area contributed by atoms with Gasteiger partial charge in [-0.15, -0.1) is 10.2 Å². The van der Waals surface area contributed by atoms with Gasteiger partial charge in [0.05, 0.1) is 0 Å². The van der Waals surface area contributed by atoms with E-state index < -0.39 is 6.61 Å². The molecule has 0 saturated heterocycles. The number of ketones is 1. The van der Waals surface area contributed by atoms with Gasteiger partial charge in [-0.1, -0.05) is 12.1 Å². The lowest BCUT2D eigenvalue weighted by atomic mass is 10.1. The molecule has 7 nitrogen and oxygen atoms in total. The third-order valence-corrected chi connectivity index (χ3v) is 5.04. The third-order valence-electron chi connectivity index (χ3n) is 3.99.